The van der Waals surface area contributed by atoms with Crippen molar-refractivity contribution >= 4 is 5.90 Å². The molecule has 0 unspecified atom stereocenters. The molecule has 0 bridgehead atoms. The first kappa shape index (κ1) is 4.43. The van der Waals surface area contributed by atoms with Crippen LogP contribution in [0.15, 0.2) is 5.10 Å². The Labute approximate surface area is 42.4 Å². The molecule has 0 atom stereocenters. The zero-order valence-corrected chi connectivity index (χ0v) is 4.27. The van der Waals surface area contributed by atoms with Crippen LogP contribution in [0.2, 0.25) is 0 Å². The number of nitrogens with one attached hydrogen (secondary N) is 1. The molecule has 1 aliphatic rings. The maximum absolute atomic E-state index is 4.94. The molecule has 1 heterocycles. The summed E-state index contributed by atoms with van der Waals surface area (Å²) in [6, 6.07) is 0. The van der Waals surface area contributed by atoms with Gasteiger partial charge in [-0.25, -0.2) is 0 Å². The van der Waals surface area contributed by atoms with E-state index in [1.807, 2.05) is 6.92 Å². The van der Waals surface area contributed by atoms with Crippen LogP contribution in [-0.2, 0) is 4.74 Å². The molecule has 0 saturated heterocycles. The topological polar surface area (TPSA) is 33.6 Å². The summed E-state index contributed by atoms with van der Waals surface area (Å²) in [7, 11) is 0. The van der Waals surface area contributed by atoms with Gasteiger partial charge in [0.15, 0.2) is 6.73 Å². The molecule has 1 rings (SSSR count). The molecule has 0 aromatic heterocycles. The highest BCUT2D eigenvalue weighted by molar-refractivity contribution is 5.76. The zero-order chi connectivity index (χ0) is 5.11. The van der Waals surface area contributed by atoms with Crippen molar-refractivity contribution in [3.05, 3.63) is 0 Å². The molecule has 0 saturated carbocycles. The summed E-state index contributed by atoms with van der Waals surface area (Å²) in [6.45, 7) is 2.55. The van der Waals surface area contributed by atoms with E-state index in [-0.39, 0.29) is 0 Å². The molecule has 0 aromatic carbocycles. The van der Waals surface area contributed by atoms with E-state index in [0.717, 1.165) is 12.3 Å². The molecule has 1 N–H and O–H groups in total. The van der Waals surface area contributed by atoms with Gasteiger partial charge in [0, 0.05) is 6.42 Å². The van der Waals surface area contributed by atoms with Gasteiger partial charge in [0.05, 0.1) is 0 Å². The van der Waals surface area contributed by atoms with Crippen LogP contribution < -0.4 is 5.43 Å². The second-order valence-corrected chi connectivity index (χ2v) is 1.31. The van der Waals surface area contributed by atoms with Crippen molar-refractivity contribution in [1.29, 1.82) is 0 Å². The summed E-state index contributed by atoms with van der Waals surface area (Å²) in [6.07, 6.45) is 0.882. The van der Waals surface area contributed by atoms with E-state index < -0.39 is 0 Å². The number of nitrogens with zero attached hydrogens (tertiary/aromatic N) is 1. The Kier molecular flexibility index (Phi) is 1.15. The van der Waals surface area contributed by atoms with E-state index in [0.29, 0.717) is 6.73 Å². The van der Waals surface area contributed by atoms with Crippen LogP contribution >= 0.6 is 0 Å². The van der Waals surface area contributed by atoms with E-state index in [1.54, 1.807) is 0 Å². The number of rotatable bonds is 1. The summed E-state index contributed by atoms with van der Waals surface area (Å²) >= 11 is 0. The lowest BCUT2D eigenvalue weighted by Crippen LogP contribution is -2.00. The van der Waals surface area contributed by atoms with Gasteiger partial charge >= 0.3 is 0 Å². The minimum Gasteiger partial charge on any atom is -0.457 e. The quantitative estimate of drug-likeness (QED) is 0.513. The minimum absolute atomic E-state index is 0.545. The fourth-order valence-electron chi connectivity index (χ4n) is 0.449. The van der Waals surface area contributed by atoms with E-state index in [9.17, 15) is 0 Å². The predicted molar refractivity (Wildman–Crippen MR) is 26.8 cm³/mol. The molecular weight excluding hydrogens is 92.1 g/mol. The summed E-state index contributed by atoms with van der Waals surface area (Å²) in [5.74, 6) is 0.806. The highest BCUT2D eigenvalue weighted by Crippen LogP contribution is 1.91. The lowest BCUT2D eigenvalue weighted by atomic mass is 10.5. The number of hydrogen-bond acceptors (Lipinski definition) is 3. The zero-order valence-electron chi connectivity index (χ0n) is 4.27. The Bertz CT molecular complexity index is 89.7. The van der Waals surface area contributed by atoms with Gasteiger partial charge in [0.25, 0.3) is 0 Å². The fraction of sp³-hybridized carbons (Fsp3) is 0.750. The molecule has 0 spiro atoms. The second-order valence-electron chi connectivity index (χ2n) is 1.31. The van der Waals surface area contributed by atoms with Gasteiger partial charge in [-0.1, -0.05) is 6.92 Å². The molecule has 7 heavy (non-hydrogen) atoms. The van der Waals surface area contributed by atoms with Crippen LogP contribution in [0, 0.1) is 0 Å². The Balaban J connectivity index is 2.36. The first-order chi connectivity index (χ1) is 3.43. The summed E-state index contributed by atoms with van der Waals surface area (Å²) in [4.78, 5) is 0. The molecule has 0 radical (unpaired) electrons. The molecule has 0 aromatic rings. The molecular formula is C4H8N2O. The third-order valence-electron chi connectivity index (χ3n) is 0.810. The van der Waals surface area contributed by atoms with E-state index in [2.05, 4.69) is 10.5 Å². The SMILES string of the molecule is CCC1=NNCO1. The Morgan fingerprint density at radius 3 is 3.14 bits per heavy atom. The minimum atomic E-state index is 0.545. The maximum Gasteiger partial charge on any atom is 0.207 e. The largest absolute Gasteiger partial charge is 0.457 e. The van der Waals surface area contributed by atoms with Gasteiger partial charge in [-0.2, -0.15) is 0 Å². The van der Waals surface area contributed by atoms with Crippen molar-refractivity contribution < 1.29 is 4.74 Å². The van der Waals surface area contributed by atoms with E-state index in [1.165, 1.54) is 0 Å². The number of ether oxygens (including phenoxy) is 1. The molecule has 0 aliphatic carbocycles. The average Bonchev–Trinajstić information content (AvgIpc) is 2.14. The Morgan fingerprint density at radius 1 is 2.00 bits per heavy atom. The van der Waals surface area contributed by atoms with Gasteiger partial charge in [-0.05, 0) is 0 Å². The average molecular weight is 100 g/mol. The van der Waals surface area contributed by atoms with Gasteiger partial charge in [-0.3, -0.25) is 5.43 Å². The number of hydrazone groups is 1. The predicted octanol–water partition coefficient (Wildman–Crippen LogP) is 0.287. The van der Waals surface area contributed by atoms with Gasteiger partial charge < -0.3 is 4.74 Å². The third kappa shape index (κ3) is 0.824. The van der Waals surface area contributed by atoms with Crippen LogP contribution in [0.4, 0.5) is 0 Å². The number of hydrogen-bond donors (Lipinski definition) is 1. The normalized spacial score (nSPS) is 17.6. The molecule has 1 aliphatic heterocycles. The summed E-state index contributed by atoms with van der Waals surface area (Å²) in [5.41, 5.74) is 2.69. The van der Waals surface area contributed by atoms with Gasteiger partial charge in [0.2, 0.25) is 5.90 Å². The lowest BCUT2D eigenvalue weighted by Gasteiger charge is -1.89. The third-order valence-corrected chi connectivity index (χ3v) is 0.810. The van der Waals surface area contributed by atoms with Crippen LogP contribution in [0.25, 0.3) is 0 Å². The van der Waals surface area contributed by atoms with E-state index >= 15 is 0 Å². The van der Waals surface area contributed by atoms with Gasteiger partial charge in [0.1, 0.15) is 0 Å². The van der Waals surface area contributed by atoms with Crippen molar-refractivity contribution in [1.82, 2.24) is 5.43 Å². The second kappa shape index (κ2) is 1.82. The van der Waals surface area contributed by atoms with Crippen molar-refractivity contribution in [2.45, 2.75) is 13.3 Å². The van der Waals surface area contributed by atoms with Crippen molar-refractivity contribution in [2.75, 3.05) is 6.73 Å². The van der Waals surface area contributed by atoms with Gasteiger partial charge in [-0.15, -0.1) is 5.10 Å². The molecule has 3 nitrogen and oxygen atoms in total. The van der Waals surface area contributed by atoms with Crippen LogP contribution in [-0.4, -0.2) is 12.6 Å². The van der Waals surface area contributed by atoms with E-state index in [4.69, 9.17) is 4.74 Å². The molecule has 40 valence electrons. The summed E-state index contributed by atoms with van der Waals surface area (Å²) < 4.78 is 4.94. The maximum atomic E-state index is 4.94. The smallest absolute Gasteiger partial charge is 0.207 e. The fourth-order valence-corrected chi connectivity index (χ4v) is 0.449. The highest BCUT2D eigenvalue weighted by Gasteiger charge is 2.00. The van der Waals surface area contributed by atoms with Crippen LogP contribution in [0.3, 0.4) is 0 Å². The molecule has 0 fully saturated rings. The standard InChI is InChI=1S/C4H8N2O/c1-2-4-6-5-3-7-4/h5H,2-3H2,1H3. The van der Waals surface area contributed by atoms with Crippen molar-refractivity contribution in [3.63, 3.8) is 0 Å². The van der Waals surface area contributed by atoms with Crippen LogP contribution in [0.5, 0.6) is 0 Å². The monoisotopic (exact) mass is 100 g/mol. The molecule has 0 amide bonds. The Hall–Kier alpha value is -0.730. The summed E-state index contributed by atoms with van der Waals surface area (Å²) in [5, 5.41) is 3.80. The Morgan fingerprint density at radius 2 is 2.86 bits per heavy atom. The first-order valence-electron chi connectivity index (χ1n) is 2.35. The lowest BCUT2D eigenvalue weighted by molar-refractivity contribution is 0.310. The van der Waals surface area contributed by atoms with Crippen molar-refractivity contribution in [3.8, 4) is 0 Å². The highest BCUT2D eigenvalue weighted by atomic mass is 16.5. The first-order valence-corrected chi connectivity index (χ1v) is 2.35. The molecule has 3 heteroatoms. The van der Waals surface area contributed by atoms with Crippen molar-refractivity contribution in [2.24, 2.45) is 5.10 Å². The van der Waals surface area contributed by atoms with Crippen LogP contribution in [0.1, 0.15) is 13.3 Å².